The number of carbonyl (C=O) groups is 1. The molecule has 0 atom stereocenters. The maximum absolute atomic E-state index is 11.1. The average Bonchev–Trinajstić information content (AvgIpc) is 3.19. The second kappa shape index (κ2) is 9.46. The summed E-state index contributed by atoms with van der Waals surface area (Å²) in [5.41, 5.74) is 7.91. The van der Waals surface area contributed by atoms with Crippen LogP contribution < -0.4 is 15.8 Å². The van der Waals surface area contributed by atoms with Gasteiger partial charge >= 0.3 is 0 Å². The molecule has 0 saturated heterocycles. The SMILES string of the molecule is NC(=O)c1ccc(-c2ccc(OCCNCCC3=CCCS3)cc2)cc1. The van der Waals surface area contributed by atoms with Crippen LogP contribution in [0.1, 0.15) is 23.2 Å². The molecule has 2 aromatic rings. The molecule has 136 valence electrons. The number of nitrogens with two attached hydrogens (primary N) is 1. The van der Waals surface area contributed by atoms with Crippen LogP contribution in [0.15, 0.2) is 59.5 Å². The van der Waals surface area contributed by atoms with Gasteiger partial charge in [-0.15, -0.1) is 11.8 Å². The van der Waals surface area contributed by atoms with E-state index in [2.05, 4.69) is 11.4 Å². The molecule has 1 aliphatic rings. The Hall–Kier alpha value is -2.24. The Balaban J connectivity index is 1.40. The first-order valence-electron chi connectivity index (χ1n) is 8.88. The third kappa shape index (κ3) is 5.38. The molecule has 0 unspecified atom stereocenters. The monoisotopic (exact) mass is 368 g/mol. The zero-order valence-electron chi connectivity index (χ0n) is 14.7. The van der Waals surface area contributed by atoms with Gasteiger partial charge in [0.2, 0.25) is 5.91 Å². The Kier molecular flexibility index (Phi) is 6.75. The molecule has 5 heteroatoms. The predicted molar refractivity (Wildman–Crippen MR) is 109 cm³/mol. The number of hydrogen-bond acceptors (Lipinski definition) is 4. The van der Waals surface area contributed by atoms with Gasteiger partial charge < -0.3 is 15.8 Å². The number of allylic oxidation sites excluding steroid dienone is 1. The van der Waals surface area contributed by atoms with Crippen molar-refractivity contribution in [2.24, 2.45) is 5.73 Å². The van der Waals surface area contributed by atoms with E-state index >= 15 is 0 Å². The van der Waals surface area contributed by atoms with Crippen LogP contribution in [0.2, 0.25) is 0 Å². The van der Waals surface area contributed by atoms with E-state index in [1.807, 2.05) is 48.2 Å². The van der Waals surface area contributed by atoms with Crippen LogP contribution in [0, 0.1) is 0 Å². The summed E-state index contributed by atoms with van der Waals surface area (Å²) in [4.78, 5) is 12.6. The van der Waals surface area contributed by atoms with E-state index in [4.69, 9.17) is 10.5 Å². The minimum atomic E-state index is -0.410. The lowest BCUT2D eigenvalue weighted by Crippen LogP contribution is -2.22. The Labute approximate surface area is 158 Å². The summed E-state index contributed by atoms with van der Waals surface area (Å²) >= 11 is 1.97. The van der Waals surface area contributed by atoms with E-state index in [0.29, 0.717) is 12.2 Å². The molecule has 0 spiro atoms. The van der Waals surface area contributed by atoms with Gasteiger partial charge in [-0.2, -0.15) is 0 Å². The number of nitrogens with one attached hydrogen (secondary N) is 1. The van der Waals surface area contributed by atoms with Crippen LogP contribution in [0.3, 0.4) is 0 Å². The molecule has 0 bridgehead atoms. The topological polar surface area (TPSA) is 64.4 Å². The van der Waals surface area contributed by atoms with Gasteiger partial charge in [0, 0.05) is 17.9 Å². The van der Waals surface area contributed by atoms with Gasteiger partial charge in [-0.25, -0.2) is 0 Å². The summed E-state index contributed by atoms with van der Waals surface area (Å²) in [5, 5.41) is 3.42. The van der Waals surface area contributed by atoms with Crippen LogP contribution >= 0.6 is 11.8 Å². The Morgan fingerprint density at radius 2 is 1.73 bits per heavy atom. The largest absolute Gasteiger partial charge is 0.492 e. The molecule has 0 fully saturated rings. The van der Waals surface area contributed by atoms with Crippen molar-refractivity contribution in [3.63, 3.8) is 0 Å². The van der Waals surface area contributed by atoms with E-state index in [1.165, 1.54) is 17.1 Å². The molecule has 0 radical (unpaired) electrons. The Bertz CT molecular complexity index is 755. The van der Waals surface area contributed by atoms with Crippen molar-refractivity contribution in [1.82, 2.24) is 5.32 Å². The molecule has 0 saturated carbocycles. The zero-order valence-corrected chi connectivity index (χ0v) is 15.6. The molecule has 2 aromatic carbocycles. The Morgan fingerprint density at radius 1 is 1.04 bits per heavy atom. The number of ether oxygens (including phenoxy) is 1. The molecule has 3 N–H and O–H groups in total. The highest BCUT2D eigenvalue weighted by molar-refractivity contribution is 8.03. The van der Waals surface area contributed by atoms with Crippen molar-refractivity contribution >= 4 is 17.7 Å². The third-order valence-electron chi connectivity index (χ3n) is 4.23. The van der Waals surface area contributed by atoms with Gasteiger partial charge in [0.25, 0.3) is 0 Å². The second-order valence-corrected chi connectivity index (χ2v) is 7.34. The highest BCUT2D eigenvalue weighted by Crippen LogP contribution is 2.26. The van der Waals surface area contributed by atoms with E-state index in [0.717, 1.165) is 36.4 Å². The molecule has 0 aromatic heterocycles. The first kappa shape index (κ1) is 18.5. The quantitative estimate of drug-likeness (QED) is 0.660. The summed E-state index contributed by atoms with van der Waals surface area (Å²) in [6, 6.07) is 15.3. The summed E-state index contributed by atoms with van der Waals surface area (Å²) < 4.78 is 5.78. The van der Waals surface area contributed by atoms with Crippen molar-refractivity contribution in [3.05, 3.63) is 65.1 Å². The molecule has 1 heterocycles. The summed E-state index contributed by atoms with van der Waals surface area (Å²) in [5.74, 6) is 1.69. The second-order valence-electron chi connectivity index (χ2n) is 6.12. The summed E-state index contributed by atoms with van der Waals surface area (Å²) in [7, 11) is 0. The standard InChI is InChI=1S/C21H24N2O2S/c22-21(24)18-5-3-16(4-6-18)17-7-9-19(10-8-17)25-14-13-23-12-11-20-2-1-15-26-20/h2-10,23H,1,11-15H2,(H2,22,24). The molecule has 26 heavy (non-hydrogen) atoms. The molecular weight excluding hydrogens is 344 g/mol. The number of carbonyl (C=O) groups excluding carboxylic acids is 1. The van der Waals surface area contributed by atoms with Gasteiger partial charge in [0.05, 0.1) is 0 Å². The van der Waals surface area contributed by atoms with Crippen LogP contribution in [-0.4, -0.2) is 31.4 Å². The molecule has 0 aliphatic carbocycles. The van der Waals surface area contributed by atoms with Gasteiger partial charge in [-0.05, 0) is 59.7 Å². The number of amides is 1. The zero-order chi connectivity index (χ0) is 18.2. The normalized spacial score (nSPS) is 13.5. The summed E-state index contributed by atoms with van der Waals surface area (Å²) in [6.45, 7) is 2.50. The molecule has 4 nitrogen and oxygen atoms in total. The number of primary amides is 1. The lowest BCUT2D eigenvalue weighted by Gasteiger charge is -2.09. The fourth-order valence-electron chi connectivity index (χ4n) is 2.79. The number of hydrogen-bond donors (Lipinski definition) is 2. The van der Waals surface area contributed by atoms with Crippen LogP contribution in [-0.2, 0) is 0 Å². The fraction of sp³-hybridized carbons (Fsp3) is 0.286. The number of benzene rings is 2. The van der Waals surface area contributed by atoms with Crippen LogP contribution in [0.25, 0.3) is 11.1 Å². The smallest absolute Gasteiger partial charge is 0.248 e. The van der Waals surface area contributed by atoms with Crippen molar-refractivity contribution in [1.29, 1.82) is 0 Å². The highest BCUT2D eigenvalue weighted by atomic mass is 32.2. The van der Waals surface area contributed by atoms with E-state index in [1.54, 1.807) is 12.1 Å². The lowest BCUT2D eigenvalue weighted by molar-refractivity contribution is 0.100. The van der Waals surface area contributed by atoms with E-state index in [9.17, 15) is 4.79 Å². The number of rotatable bonds is 9. The van der Waals surface area contributed by atoms with Gasteiger partial charge in [0.15, 0.2) is 0 Å². The third-order valence-corrected chi connectivity index (χ3v) is 5.41. The maximum Gasteiger partial charge on any atom is 0.248 e. The molecule has 3 rings (SSSR count). The maximum atomic E-state index is 11.1. The summed E-state index contributed by atoms with van der Waals surface area (Å²) in [6.07, 6.45) is 4.67. The van der Waals surface area contributed by atoms with Gasteiger partial charge in [-0.1, -0.05) is 30.3 Å². The highest BCUT2D eigenvalue weighted by Gasteiger charge is 2.04. The van der Waals surface area contributed by atoms with Crippen LogP contribution in [0.4, 0.5) is 0 Å². The first-order chi connectivity index (χ1) is 12.7. The van der Waals surface area contributed by atoms with Crippen LogP contribution in [0.5, 0.6) is 5.75 Å². The van der Waals surface area contributed by atoms with Gasteiger partial charge in [0.1, 0.15) is 12.4 Å². The minimum Gasteiger partial charge on any atom is -0.492 e. The van der Waals surface area contributed by atoms with Crippen molar-refractivity contribution in [3.8, 4) is 16.9 Å². The molecular formula is C21H24N2O2S. The lowest BCUT2D eigenvalue weighted by atomic mass is 10.0. The molecule has 1 amide bonds. The molecule has 1 aliphatic heterocycles. The van der Waals surface area contributed by atoms with Crippen molar-refractivity contribution in [2.75, 3.05) is 25.4 Å². The Morgan fingerprint density at radius 3 is 2.35 bits per heavy atom. The van der Waals surface area contributed by atoms with Crippen molar-refractivity contribution < 1.29 is 9.53 Å². The number of thioether (sulfide) groups is 1. The van der Waals surface area contributed by atoms with E-state index in [-0.39, 0.29) is 0 Å². The fourth-order valence-corrected chi connectivity index (χ4v) is 3.77. The van der Waals surface area contributed by atoms with Gasteiger partial charge in [-0.3, -0.25) is 4.79 Å². The first-order valence-corrected chi connectivity index (χ1v) is 9.86. The van der Waals surface area contributed by atoms with E-state index < -0.39 is 5.91 Å². The minimum absolute atomic E-state index is 0.410. The predicted octanol–water partition coefficient (Wildman–Crippen LogP) is 3.83. The van der Waals surface area contributed by atoms with Crippen molar-refractivity contribution in [2.45, 2.75) is 12.8 Å². The average molecular weight is 369 g/mol.